The molecule has 28 nitrogen and oxygen atoms in total. The molecule has 2 bridgehead atoms. The number of thioether (sulfide) groups is 2. The van der Waals surface area contributed by atoms with Crippen molar-refractivity contribution >= 4 is 110 Å². The number of halogens is 2. The van der Waals surface area contributed by atoms with Gasteiger partial charge in [-0.15, -0.1) is 0 Å². The van der Waals surface area contributed by atoms with Gasteiger partial charge in [-0.3, -0.25) is 47.9 Å². The number of nitrogens with zero attached hydrogens (tertiary/aromatic N) is 2. The number of aromatic nitrogens is 4. The third kappa shape index (κ3) is 21.6. The first-order valence-electron chi connectivity index (χ1n) is 33.7. The first kappa shape index (κ1) is 76.8. The number of hydrogen-bond acceptors (Lipinski definition) is 16. The van der Waals surface area contributed by atoms with E-state index >= 15 is 23.6 Å². The van der Waals surface area contributed by atoms with Crippen molar-refractivity contribution in [2.75, 3.05) is 37.7 Å². The summed E-state index contributed by atoms with van der Waals surface area (Å²) in [5, 5.41) is 41.7. The van der Waals surface area contributed by atoms with Gasteiger partial charge in [-0.2, -0.15) is 23.5 Å². The van der Waals surface area contributed by atoms with Crippen molar-refractivity contribution in [1.82, 2.24) is 67.4 Å². The number of amides is 9. The van der Waals surface area contributed by atoms with E-state index in [0.717, 1.165) is 11.1 Å². The van der Waals surface area contributed by atoms with Crippen molar-refractivity contribution in [2.45, 2.75) is 144 Å². The van der Waals surface area contributed by atoms with Gasteiger partial charge in [0, 0.05) is 114 Å². The van der Waals surface area contributed by atoms with Crippen LogP contribution in [0.5, 0.6) is 5.75 Å². The molecule has 0 aliphatic carbocycles. The van der Waals surface area contributed by atoms with Crippen LogP contribution in [0.25, 0.3) is 21.8 Å². The zero-order valence-electron chi connectivity index (χ0n) is 56.7. The lowest BCUT2D eigenvalue weighted by Crippen LogP contribution is -2.62. The van der Waals surface area contributed by atoms with E-state index in [9.17, 15) is 48.2 Å². The first-order chi connectivity index (χ1) is 49.4. The van der Waals surface area contributed by atoms with E-state index in [0.29, 0.717) is 76.4 Å². The van der Waals surface area contributed by atoms with Crippen LogP contribution in [0.4, 0.5) is 8.78 Å². The Morgan fingerprint density at radius 1 is 0.641 bits per heavy atom. The maximum Gasteiger partial charge on any atom is 0.341 e. The van der Waals surface area contributed by atoms with E-state index in [4.69, 9.17) is 10.5 Å². The fourth-order valence-electron chi connectivity index (χ4n) is 12.3. The minimum Gasteiger partial charge on any atom is -0.482 e. The van der Waals surface area contributed by atoms with Crippen molar-refractivity contribution < 1.29 is 76.5 Å². The molecule has 4 aromatic carbocycles. The van der Waals surface area contributed by atoms with Gasteiger partial charge in [-0.1, -0.05) is 36.4 Å². The van der Waals surface area contributed by atoms with Crippen LogP contribution in [0, 0.1) is 11.6 Å². The number of carboxylic acid groups (broad SMARTS) is 2. The average Bonchev–Trinajstić information content (AvgIpc) is 1.69. The molecule has 0 radical (unpaired) electrons. The number of H-pyrrole nitrogens is 3. The van der Waals surface area contributed by atoms with Crippen molar-refractivity contribution in [1.29, 1.82) is 0 Å². The second kappa shape index (κ2) is 36.5. The molecule has 9 rings (SSSR count). The van der Waals surface area contributed by atoms with Crippen LogP contribution in [0.3, 0.4) is 0 Å². The molecule has 3 aromatic heterocycles. The lowest BCUT2D eigenvalue weighted by Gasteiger charge is -2.36. The fraction of sp³-hybridized carbons (Fsp3) is 0.408. The highest BCUT2D eigenvalue weighted by molar-refractivity contribution is 7.98. The van der Waals surface area contributed by atoms with Gasteiger partial charge < -0.3 is 83.1 Å². The summed E-state index contributed by atoms with van der Waals surface area (Å²) in [7, 11) is 0. The average molecular weight is 1460 g/mol. The van der Waals surface area contributed by atoms with E-state index in [-0.39, 0.29) is 74.0 Å². The minimum absolute atomic E-state index is 0.0411. The van der Waals surface area contributed by atoms with E-state index in [1.54, 1.807) is 30.8 Å². The number of benzene rings is 4. The molecule has 1 fully saturated rings. The standard InChI is InChI=1S/C71H84F2N14O14S2/c1-40-63(93)82-55(27-44-33-77-52-16-12-46(72)29-50(44)52)65(95)83-56(28-45-34-78-53-17-13-47(73)30-51(45)53)66(96)85-58(32-61(89)90)68(98)84-57(31-48-35-75-39-79-48)67(97)86-59(26-41-10-14-49(15-11-41)101-36-62(91)92)69(99)87-22-6-19-71(87,2)70(100)76-21-24-103-38-43-8-5-7-42(25-43)37-102-23-18-60(88)81-54(64(94)80-40)9-3-4-20-74/h5,7-8,10-17,25,29-30,33-35,39-40,54-59,77-78H,3-4,6,9,18-24,26-28,31-32,36-38,74H2,1-2H3,(H,75,79)(H,76,100)(H,80,94)(H,81,88)(H,82,93)(H,83,95)(H,84,98)(H,85,96)(H,86,97)(H,89,90)(H,91,92)/t40-,54+,55+,56+,57+,58?,59+,71+/m1/s1. The number of ether oxygens (including phenoxy) is 1. The number of hydrogen-bond donors (Lipinski definition) is 14. The Hall–Kier alpha value is -10.3. The zero-order valence-corrected chi connectivity index (χ0v) is 58.3. The molecule has 2 aliphatic rings. The van der Waals surface area contributed by atoms with Crippen LogP contribution in [-0.4, -0.2) is 186 Å². The Labute approximate surface area is 599 Å². The number of rotatable bonds is 17. The molecule has 9 amide bonds. The third-order valence-electron chi connectivity index (χ3n) is 17.8. The Bertz CT molecular complexity index is 4200. The van der Waals surface area contributed by atoms with Gasteiger partial charge in [0.25, 0.3) is 0 Å². The van der Waals surface area contributed by atoms with Crippen molar-refractivity contribution in [2.24, 2.45) is 5.73 Å². The quantitative estimate of drug-likeness (QED) is 0.0580. The second-order valence-corrected chi connectivity index (χ2v) is 27.8. The summed E-state index contributed by atoms with van der Waals surface area (Å²) < 4.78 is 35.3. The molecule has 7 aromatic rings. The number of unbranched alkanes of at least 4 members (excludes halogenated alkanes) is 1. The molecule has 1 saturated heterocycles. The van der Waals surface area contributed by atoms with Gasteiger partial charge >= 0.3 is 11.9 Å². The van der Waals surface area contributed by atoms with E-state index in [1.807, 2.05) is 18.2 Å². The Kier molecular flexibility index (Phi) is 27.2. The van der Waals surface area contributed by atoms with Crippen LogP contribution in [-0.2, 0) is 89.9 Å². The number of nitrogens with one attached hydrogen (secondary N) is 11. The molecule has 1 unspecified atom stereocenters. The van der Waals surface area contributed by atoms with E-state index in [2.05, 4.69) is 68.5 Å². The van der Waals surface area contributed by atoms with Crippen LogP contribution >= 0.6 is 23.5 Å². The summed E-state index contributed by atoms with van der Waals surface area (Å²) in [6.45, 7) is 2.97. The summed E-state index contributed by atoms with van der Waals surface area (Å²) in [4.78, 5) is 170. The predicted molar refractivity (Wildman–Crippen MR) is 380 cm³/mol. The van der Waals surface area contributed by atoms with Gasteiger partial charge in [0.2, 0.25) is 53.2 Å². The van der Waals surface area contributed by atoms with Gasteiger partial charge in [0.15, 0.2) is 6.61 Å². The summed E-state index contributed by atoms with van der Waals surface area (Å²) in [5.74, 6) is -9.58. The van der Waals surface area contributed by atoms with Gasteiger partial charge in [-0.25, -0.2) is 18.6 Å². The molecule has 0 saturated carbocycles. The number of carbonyl (C=O) groups excluding carboxylic acids is 9. The maximum absolute atomic E-state index is 15.2. The Morgan fingerprint density at radius 2 is 1.21 bits per heavy atom. The molecular weight excluding hydrogens is 1370 g/mol. The minimum atomic E-state index is -2.04. The van der Waals surface area contributed by atoms with Crippen LogP contribution in [0.15, 0.2) is 110 Å². The molecule has 15 N–H and O–H groups in total. The summed E-state index contributed by atoms with van der Waals surface area (Å²) in [6.07, 6.45) is 4.80. The predicted octanol–water partition coefficient (Wildman–Crippen LogP) is 3.47. The highest BCUT2D eigenvalue weighted by Gasteiger charge is 2.48. The summed E-state index contributed by atoms with van der Waals surface area (Å²) >= 11 is 3.08. The van der Waals surface area contributed by atoms with Crippen molar-refractivity contribution in [3.05, 3.63) is 155 Å². The Morgan fingerprint density at radius 3 is 1.81 bits per heavy atom. The highest BCUT2D eigenvalue weighted by atomic mass is 32.2. The SMILES string of the molecule is C[C@H]1NC(=O)[C@H](CCCCN)NC(=O)CCSCc2cccc(c2)CSCCNC(=O)[C@]2(C)CCCN2C(=O)[C@H](Cc2ccc(OCC(=O)O)cc2)NC(=O)[C@H](Cc2cnc[nH]2)NC(=O)C(CC(=O)O)NC(=O)[C@H](Cc2c[nH]c3ccc(F)cc23)NC(=O)[C@H](Cc2c[nH]c3ccc(F)cc23)NC1=O. The molecule has 548 valence electrons. The number of aromatic amines is 3. The normalized spacial score (nSPS) is 22.5. The largest absolute Gasteiger partial charge is 0.482 e. The zero-order chi connectivity index (χ0) is 73.7. The van der Waals surface area contributed by atoms with Gasteiger partial charge in [0.1, 0.15) is 65.2 Å². The van der Waals surface area contributed by atoms with Crippen molar-refractivity contribution in [3.63, 3.8) is 0 Å². The van der Waals surface area contributed by atoms with Gasteiger partial charge in [0.05, 0.1) is 12.7 Å². The highest BCUT2D eigenvalue weighted by Crippen LogP contribution is 2.31. The number of fused-ring (bicyclic) bond motifs is 5. The number of aliphatic carboxylic acids is 2. The summed E-state index contributed by atoms with van der Waals surface area (Å²) in [5.41, 5.74) is 8.54. The number of nitrogens with two attached hydrogens (primary N) is 1. The maximum atomic E-state index is 15.2. The van der Waals surface area contributed by atoms with Crippen LogP contribution in [0.1, 0.15) is 92.3 Å². The lowest BCUT2D eigenvalue weighted by atomic mass is 9.95. The van der Waals surface area contributed by atoms with Crippen LogP contribution < -0.4 is 53.0 Å². The van der Waals surface area contributed by atoms with E-state index in [1.165, 1.54) is 97.0 Å². The van der Waals surface area contributed by atoms with Crippen LogP contribution in [0.2, 0.25) is 0 Å². The molecule has 8 atom stereocenters. The lowest BCUT2D eigenvalue weighted by molar-refractivity contribution is -0.146. The monoisotopic (exact) mass is 1460 g/mol. The van der Waals surface area contributed by atoms with Crippen molar-refractivity contribution in [3.8, 4) is 5.75 Å². The third-order valence-corrected chi connectivity index (χ3v) is 19.9. The van der Waals surface area contributed by atoms with Gasteiger partial charge in [-0.05, 0) is 129 Å². The smallest absolute Gasteiger partial charge is 0.341 e. The molecule has 5 heterocycles. The molecule has 2 aliphatic heterocycles. The second-order valence-electron chi connectivity index (χ2n) is 25.6. The molecule has 103 heavy (non-hydrogen) atoms. The number of carboxylic acids is 2. The Balaban J connectivity index is 1.06. The first-order valence-corrected chi connectivity index (χ1v) is 36.0. The molecular formula is C71H84F2N14O14S2. The fourth-order valence-corrected chi connectivity index (χ4v) is 14.0. The number of imidazole rings is 1. The molecule has 0 spiro atoms. The molecule has 32 heteroatoms. The summed E-state index contributed by atoms with van der Waals surface area (Å²) in [6, 6.07) is 10.5. The number of carbonyl (C=O) groups is 11. The topological polar surface area (TPSA) is 423 Å². The van der Waals surface area contributed by atoms with E-state index < -0.39 is 144 Å².